The van der Waals surface area contributed by atoms with Gasteiger partial charge in [-0.05, 0) is 54.9 Å². The second-order valence-corrected chi connectivity index (χ2v) is 7.11. The normalized spacial score (nSPS) is 12.7. The first-order chi connectivity index (χ1) is 9.01. The summed E-state index contributed by atoms with van der Waals surface area (Å²) in [4.78, 5) is 2.71. The Morgan fingerprint density at radius 2 is 1.74 bits per heavy atom. The SMILES string of the molecule is CCNC(c1cc(C)cc(C)c1)c1cc(Br)c(C)s1. The van der Waals surface area contributed by atoms with Crippen LogP contribution in [0.2, 0.25) is 0 Å². The highest BCUT2D eigenvalue weighted by Gasteiger charge is 2.17. The minimum Gasteiger partial charge on any atom is -0.306 e. The molecule has 1 atom stereocenters. The molecule has 2 rings (SSSR count). The topological polar surface area (TPSA) is 12.0 Å². The highest BCUT2D eigenvalue weighted by Crippen LogP contribution is 2.34. The van der Waals surface area contributed by atoms with E-state index in [0.717, 1.165) is 6.54 Å². The molecule has 0 saturated carbocycles. The van der Waals surface area contributed by atoms with E-state index in [1.807, 2.05) is 11.3 Å². The van der Waals surface area contributed by atoms with Crippen LogP contribution in [0.1, 0.15) is 39.4 Å². The quantitative estimate of drug-likeness (QED) is 0.814. The average molecular weight is 338 g/mol. The van der Waals surface area contributed by atoms with E-state index in [-0.39, 0.29) is 0 Å². The lowest BCUT2D eigenvalue weighted by Gasteiger charge is -2.18. The van der Waals surface area contributed by atoms with E-state index in [9.17, 15) is 0 Å². The van der Waals surface area contributed by atoms with Gasteiger partial charge in [-0.3, -0.25) is 0 Å². The van der Waals surface area contributed by atoms with Gasteiger partial charge in [0.15, 0.2) is 0 Å². The van der Waals surface area contributed by atoms with Gasteiger partial charge in [-0.15, -0.1) is 11.3 Å². The predicted octanol–water partition coefficient (Wildman–Crippen LogP) is 5.13. The van der Waals surface area contributed by atoms with E-state index < -0.39 is 0 Å². The number of benzene rings is 1. The summed E-state index contributed by atoms with van der Waals surface area (Å²) < 4.78 is 1.21. The summed E-state index contributed by atoms with van der Waals surface area (Å²) in [5.74, 6) is 0. The van der Waals surface area contributed by atoms with Crippen LogP contribution in [0, 0.1) is 20.8 Å². The first kappa shape index (κ1) is 14.8. The lowest BCUT2D eigenvalue weighted by molar-refractivity contribution is 0.639. The molecule has 0 radical (unpaired) electrons. The molecule has 0 saturated heterocycles. The van der Waals surface area contributed by atoms with E-state index in [1.165, 1.54) is 30.9 Å². The monoisotopic (exact) mass is 337 g/mol. The summed E-state index contributed by atoms with van der Waals surface area (Å²) in [7, 11) is 0. The van der Waals surface area contributed by atoms with Crippen molar-refractivity contribution in [2.24, 2.45) is 0 Å². The third kappa shape index (κ3) is 3.47. The fraction of sp³-hybridized carbons (Fsp3) is 0.375. The van der Waals surface area contributed by atoms with Crippen LogP contribution in [-0.4, -0.2) is 6.54 Å². The molecule has 2 aromatic rings. The van der Waals surface area contributed by atoms with Gasteiger partial charge < -0.3 is 5.32 Å². The second-order valence-electron chi connectivity index (χ2n) is 4.96. The van der Waals surface area contributed by atoms with Crippen molar-refractivity contribution in [3.63, 3.8) is 0 Å². The van der Waals surface area contributed by atoms with Crippen molar-refractivity contribution >= 4 is 27.3 Å². The van der Waals surface area contributed by atoms with E-state index in [0.29, 0.717) is 6.04 Å². The third-order valence-electron chi connectivity index (χ3n) is 3.15. The Morgan fingerprint density at radius 1 is 1.11 bits per heavy atom. The van der Waals surface area contributed by atoms with Crippen LogP contribution in [0.15, 0.2) is 28.7 Å². The molecule has 0 aliphatic heterocycles. The minimum atomic E-state index is 0.290. The molecule has 3 heteroatoms. The summed E-state index contributed by atoms with van der Waals surface area (Å²) in [6.45, 7) is 9.60. The highest BCUT2D eigenvalue weighted by atomic mass is 79.9. The molecular weight excluding hydrogens is 318 g/mol. The maximum absolute atomic E-state index is 3.62. The number of halogens is 1. The Balaban J connectivity index is 2.44. The maximum Gasteiger partial charge on any atom is 0.0671 e. The predicted molar refractivity (Wildman–Crippen MR) is 88.2 cm³/mol. The van der Waals surface area contributed by atoms with Crippen molar-refractivity contribution in [1.29, 1.82) is 0 Å². The zero-order valence-corrected chi connectivity index (χ0v) is 14.3. The van der Waals surface area contributed by atoms with E-state index in [1.54, 1.807) is 0 Å². The molecule has 1 nitrogen and oxygen atoms in total. The summed E-state index contributed by atoms with van der Waals surface area (Å²) >= 11 is 5.48. The van der Waals surface area contributed by atoms with Crippen molar-refractivity contribution in [1.82, 2.24) is 5.32 Å². The average Bonchev–Trinajstić information content (AvgIpc) is 2.65. The summed E-state index contributed by atoms with van der Waals surface area (Å²) in [6.07, 6.45) is 0. The zero-order valence-electron chi connectivity index (χ0n) is 11.9. The van der Waals surface area contributed by atoms with Crippen LogP contribution in [0.4, 0.5) is 0 Å². The summed E-state index contributed by atoms with van der Waals surface area (Å²) in [5.41, 5.74) is 4.00. The van der Waals surface area contributed by atoms with Gasteiger partial charge in [0.1, 0.15) is 0 Å². The largest absolute Gasteiger partial charge is 0.306 e. The lowest BCUT2D eigenvalue weighted by atomic mass is 10.00. The molecule has 1 aromatic heterocycles. The summed E-state index contributed by atoms with van der Waals surface area (Å²) in [6, 6.07) is 9.32. The Labute approximate surface area is 128 Å². The lowest BCUT2D eigenvalue weighted by Crippen LogP contribution is -2.21. The van der Waals surface area contributed by atoms with Crippen LogP contribution < -0.4 is 5.32 Å². The number of nitrogens with one attached hydrogen (secondary N) is 1. The molecule has 102 valence electrons. The van der Waals surface area contributed by atoms with Gasteiger partial charge in [0.2, 0.25) is 0 Å². The van der Waals surface area contributed by atoms with Gasteiger partial charge in [-0.2, -0.15) is 0 Å². The standard InChI is InChI=1S/C16H20BrNS/c1-5-18-16(15-9-14(17)12(4)19-15)13-7-10(2)6-11(3)8-13/h6-9,16,18H,5H2,1-4H3. The molecule has 0 spiro atoms. The van der Waals surface area contributed by atoms with Gasteiger partial charge in [0, 0.05) is 14.2 Å². The van der Waals surface area contributed by atoms with Crippen LogP contribution in [0.5, 0.6) is 0 Å². The van der Waals surface area contributed by atoms with Crippen LogP contribution in [0.25, 0.3) is 0 Å². The van der Waals surface area contributed by atoms with E-state index >= 15 is 0 Å². The Kier molecular flexibility index (Phi) is 4.82. The number of hydrogen-bond donors (Lipinski definition) is 1. The maximum atomic E-state index is 3.62. The van der Waals surface area contributed by atoms with Gasteiger partial charge >= 0.3 is 0 Å². The Morgan fingerprint density at radius 3 is 2.21 bits per heavy atom. The first-order valence-electron chi connectivity index (χ1n) is 6.58. The molecule has 1 aromatic carbocycles. The van der Waals surface area contributed by atoms with Crippen LogP contribution in [-0.2, 0) is 0 Å². The molecule has 1 unspecified atom stereocenters. The fourth-order valence-electron chi connectivity index (χ4n) is 2.39. The fourth-order valence-corrected chi connectivity index (χ4v) is 4.05. The molecule has 1 N–H and O–H groups in total. The second kappa shape index (κ2) is 6.21. The first-order valence-corrected chi connectivity index (χ1v) is 8.19. The van der Waals surface area contributed by atoms with Crippen LogP contribution in [0.3, 0.4) is 0 Å². The van der Waals surface area contributed by atoms with Crippen molar-refractivity contribution in [2.75, 3.05) is 6.54 Å². The molecular formula is C16H20BrNS. The molecule has 1 heterocycles. The van der Waals surface area contributed by atoms with Crippen molar-refractivity contribution < 1.29 is 0 Å². The molecule has 0 amide bonds. The van der Waals surface area contributed by atoms with Crippen molar-refractivity contribution in [3.8, 4) is 0 Å². The molecule has 19 heavy (non-hydrogen) atoms. The number of rotatable bonds is 4. The minimum absolute atomic E-state index is 0.290. The van der Waals surface area contributed by atoms with E-state index in [2.05, 4.69) is 73.2 Å². The van der Waals surface area contributed by atoms with Gasteiger partial charge in [-0.1, -0.05) is 36.2 Å². The Hall–Kier alpha value is -0.640. The molecule has 0 bridgehead atoms. The highest BCUT2D eigenvalue weighted by molar-refractivity contribution is 9.10. The van der Waals surface area contributed by atoms with Crippen molar-refractivity contribution in [2.45, 2.75) is 33.7 Å². The zero-order chi connectivity index (χ0) is 14.0. The number of thiophene rings is 1. The Bertz CT molecular complexity index is 534. The van der Waals surface area contributed by atoms with Gasteiger partial charge in [0.05, 0.1) is 6.04 Å². The number of aryl methyl sites for hydroxylation is 3. The smallest absolute Gasteiger partial charge is 0.0671 e. The molecule has 0 aliphatic rings. The molecule has 0 aliphatic carbocycles. The summed E-state index contributed by atoms with van der Waals surface area (Å²) in [5, 5.41) is 3.60. The van der Waals surface area contributed by atoms with Gasteiger partial charge in [0.25, 0.3) is 0 Å². The third-order valence-corrected chi connectivity index (χ3v) is 5.35. The van der Waals surface area contributed by atoms with Crippen molar-refractivity contribution in [3.05, 3.63) is 55.2 Å². The van der Waals surface area contributed by atoms with Crippen LogP contribution >= 0.6 is 27.3 Å². The van der Waals surface area contributed by atoms with E-state index in [4.69, 9.17) is 0 Å². The molecule has 0 fully saturated rings. The number of hydrogen-bond acceptors (Lipinski definition) is 2. The van der Waals surface area contributed by atoms with Gasteiger partial charge in [-0.25, -0.2) is 0 Å².